The van der Waals surface area contributed by atoms with Gasteiger partial charge in [-0.1, -0.05) is 12.1 Å². The van der Waals surface area contributed by atoms with Crippen molar-refractivity contribution in [2.75, 3.05) is 16.8 Å². The molecule has 1 aliphatic rings. The fourth-order valence-corrected chi connectivity index (χ4v) is 2.66. The molecular weight excluding hydrogens is 352 g/mol. The molecule has 0 spiro atoms. The Labute approximate surface area is 155 Å². The van der Waals surface area contributed by atoms with E-state index in [2.05, 4.69) is 10.4 Å². The van der Waals surface area contributed by atoms with E-state index >= 15 is 0 Å². The number of nitrogens with one attached hydrogen (secondary N) is 1. The Morgan fingerprint density at radius 3 is 2.74 bits per heavy atom. The first-order valence-electron chi connectivity index (χ1n) is 8.35. The molecular formula is C18H20N4O5. The molecule has 1 aliphatic heterocycles. The van der Waals surface area contributed by atoms with E-state index in [1.54, 1.807) is 31.2 Å². The van der Waals surface area contributed by atoms with Crippen LogP contribution in [0.3, 0.4) is 0 Å². The maximum atomic E-state index is 12.4. The van der Waals surface area contributed by atoms with E-state index in [-0.39, 0.29) is 12.5 Å². The minimum absolute atomic E-state index is 0.197. The van der Waals surface area contributed by atoms with Crippen LogP contribution >= 0.6 is 0 Å². The topological polar surface area (TPSA) is 114 Å². The van der Waals surface area contributed by atoms with Gasteiger partial charge in [-0.25, -0.2) is 4.79 Å². The van der Waals surface area contributed by atoms with Gasteiger partial charge in [0.2, 0.25) is 5.91 Å². The van der Waals surface area contributed by atoms with E-state index in [0.717, 1.165) is 0 Å². The van der Waals surface area contributed by atoms with Gasteiger partial charge in [0.1, 0.15) is 12.3 Å². The molecule has 9 nitrogen and oxygen atoms in total. The van der Waals surface area contributed by atoms with E-state index in [0.29, 0.717) is 17.1 Å². The predicted octanol–water partition coefficient (Wildman–Crippen LogP) is 1.46. The number of aromatic nitrogens is 2. The van der Waals surface area contributed by atoms with Gasteiger partial charge in [-0.15, -0.1) is 0 Å². The highest BCUT2D eigenvalue weighted by atomic mass is 16.5. The van der Waals surface area contributed by atoms with Crippen molar-refractivity contribution in [3.8, 4) is 5.75 Å². The van der Waals surface area contributed by atoms with E-state index in [1.165, 1.54) is 35.8 Å². The lowest BCUT2D eigenvalue weighted by Gasteiger charge is -2.32. The van der Waals surface area contributed by atoms with Crippen molar-refractivity contribution in [1.29, 1.82) is 0 Å². The van der Waals surface area contributed by atoms with Crippen LogP contribution in [0.2, 0.25) is 0 Å². The van der Waals surface area contributed by atoms with Crippen molar-refractivity contribution in [2.24, 2.45) is 0 Å². The molecule has 0 radical (unpaired) electrons. The molecule has 0 bridgehead atoms. The largest absolute Gasteiger partial charge is 0.479 e. The summed E-state index contributed by atoms with van der Waals surface area (Å²) in [4.78, 5) is 37.5. The molecule has 0 saturated carbocycles. The summed E-state index contributed by atoms with van der Waals surface area (Å²) in [6, 6.07) is 6.99. The highest BCUT2D eigenvalue weighted by molar-refractivity contribution is 6.06. The van der Waals surface area contributed by atoms with Crippen LogP contribution < -0.4 is 15.0 Å². The highest BCUT2D eigenvalue weighted by Gasteiger charge is 2.33. The molecule has 1 atom stereocenters. The molecule has 2 aromatic rings. The van der Waals surface area contributed by atoms with Gasteiger partial charge in [-0.2, -0.15) is 5.10 Å². The number of benzene rings is 1. The average molecular weight is 372 g/mol. The molecule has 2 amide bonds. The number of amides is 2. The number of carboxylic acid groups (broad SMARTS) is 1. The van der Waals surface area contributed by atoms with Gasteiger partial charge in [-0.05, 0) is 32.9 Å². The zero-order valence-corrected chi connectivity index (χ0v) is 15.2. The Morgan fingerprint density at radius 2 is 2.04 bits per heavy atom. The lowest BCUT2D eigenvalue weighted by molar-refractivity contribution is -0.146. The van der Waals surface area contributed by atoms with Crippen LogP contribution in [0.5, 0.6) is 5.75 Å². The van der Waals surface area contributed by atoms with Gasteiger partial charge < -0.3 is 15.2 Å². The number of ether oxygens (including phenoxy) is 1. The third-order valence-corrected chi connectivity index (χ3v) is 4.34. The third-order valence-electron chi connectivity index (χ3n) is 4.34. The first-order valence-corrected chi connectivity index (χ1v) is 8.35. The summed E-state index contributed by atoms with van der Waals surface area (Å²) >= 11 is 0. The average Bonchev–Trinajstić information content (AvgIpc) is 3.08. The Balaban J connectivity index is 1.74. The molecule has 0 aliphatic carbocycles. The number of hydrogen-bond donors (Lipinski definition) is 2. The van der Waals surface area contributed by atoms with Crippen LogP contribution in [-0.2, 0) is 19.9 Å². The van der Waals surface area contributed by atoms with Gasteiger partial charge >= 0.3 is 5.97 Å². The number of anilines is 2. The van der Waals surface area contributed by atoms with Gasteiger partial charge in [0.25, 0.3) is 5.91 Å². The third kappa shape index (κ3) is 3.48. The summed E-state index contributed by atoms with van der Waals surface area (Å²) in [5.74, 6) is -1.26. The predicted molar refractivity (Wildman–Crippen MR) is 96.7 cm³/mol. The second-order valence-electron chi connectivity index (χ2n) is 6.74. The van der Waals surface area contributed by atoms with Crippen molar-refractivity contribution >= 4 is 29.2 Å². The standard InChI is InChI=1S/C18H20N4O5/c1-11-16(24)21(13-6-4-5-7-14(13)27-11)10-15(23)20-12-8-19-22(9-12)18(2,3)17(25)26/h4-9,11H,10H2,1-3H3,(H,20,23)(H,25,26). The van der Waals surface area contributed by atoms with Crippen molar-refractivity contribution in [3.05, 3.63) is 36.7 Å². The van der Waals surface area contributed by atoms with Crippen LogP contribution in [0.4, 0.5) is 11.4 Å². The number of nitrogens with zero attached hydrogens (tertiary/aromatic N) is 3. The van der Waals surface area contributed by atoms with Gasteiger partial charge in [0.05, 0.1) is 17.6 Å². The highest BCUT2D eigenvalue weighted by Crippen LogP contribution is 2.33. The Morgan fingerprint density at radius 1 is 1.33 bits per heavy atom. The number of carboxylic acids is 1. The fraction of sp³-hybridized carbons (Fsp3) is 0.333. The molecule has 1 aromatic carbocycles. The summed E-state index contributed by atoms with van der Waals surface area (Å²) in [5, 5.41) is 15.9. The molecule has 2 N–H and O–H groups in total. The lowest BCUT2D eigenvalue weighted by atomic mass is 10.1. The van der Waals surface area contributed by atoms with Gasteiger partial charge in [0.15, 0.2) is 11.6 Å². The van der Waals surface area contributed by atoms with Crippen molar-refractivity contribution in [1.82, 2.24) is 9.78 Å². The zero-order chi connectivity index (χ0) is 19.8. The summed E-state index contributed by atoms with van der Waals surface area (Å²) in [6.07, 6.45) is 2.11. The molecule has 2 heterocycles. The molecule has 27 heavy (non-hydrogen) atoms. The Kier molecular flexibility index (Phi) is 4.61. The zero-order valence-electron chi connectivity index (χ0n) is 15.2. The number of carbonyl (C=O) groups excluding carboxylic acids is 2. The van der Waals surface area contributed by atoms with Gasteiger partial charge in [0, 0.05) is 6.20 Å². The normalized spacial score (nSPS) is 16.5. The maximum absolute atomic E-state index is 12.4. The summed E-state index contributed by atoms with van der Waals surface area (Å²) in [7, 11) is 0. The number of carbonyl (C=O) groups is 3. The number of fused-ring (bicyclic) bond motifs is 1. The second-order valence-corrected chi connectivity index (χ2v) is 6.74. The monoisotopic (exact) mass is 372 g/mol. The molecule has 0 saturated heterocycles. The minimum Gasteiger partial charge on any atom is -0.479 e. The van der Waals surface area contributed by atoms with Crippen LogP contribution in [-0.4, -0.2) is 45.3 Å². The van der Waals surface area contributed by atoms with E-state index in [1.807, 2.05) is 0 Å². The van der Waals surface area contributed by atoms with Gasteiger partial charge in [-0.3, -0.25) is 19.2 Å². The van der Waals surface area contributed by atoms with E-state index in [4.69, 9.17) is 4.74 Å². The SMILES string of the molecule is CC1Oc2ccccc2N(CC(=O)Nc2cnn(C(C)(C)C(=O)O)c2)C1=O. The second kappa shape index (κ2) is 6.75. The molecule has 1 aromatic heterocycles. The smallest absolute Gasteiger partial charge is 0.331 e. The molecule has 1 unspecified atom stereocenters. The van der Waals surface area contributed by atoms with Crippen molar-refractivity contribution in [2.45, 2.75) is 32.4 Å². The van der Waals surface area contributed by atoms with E-state index < -0.39 is 23.5 Å². The number of hydrogen-bond acceptors (Lipinski definition) is 5. The Hall–Kier alpha value is -3.36. The maximum Gasteiger partial charge on any atom is 0.331 e. The van der Waals surface area contributed by atoms with Crippen molar-refractivity contribution < 1.29 is 24.2 Å². The summed E-state index contributed by atoms with van der Waals surface area (Å²) < 4.78 is 6.80. The van der Waals surface area contributed by atoms with E-state index in [9.17, 15) is 19.5 Å². The number of rotatable bonds is 5. The van der Waals surface area contributed by atoms with Crippen LogP contribution in [0.25, 0.3) is 0 Å². The fourth-order valence-electron chi connectivity index (χ4n) is 2.66. The van der Waals surface area contributed by atoms with Crippen LogP contribution in [0.15, 0.2) is 36.7 Å². The lowest BCUT2D eigenvalue weighted by Crippen LogP contribution is -2.47. The minimum atomic E-state index is -1.25. The first kappa shape index (κ1) is 18.4. The van der Waals surface area contributed by atoms with Crippen molar-refractivity contribution in [3.63, 3.8) is 0 Å². The molecule has 9 heteroatoms. The first-order chi connectivity index (χ1) is 12.7. The summed E-state index contributed by atoms with van der Waals surface area (Å²) in [6.45, 7) is 4.43. The van der Waals surface area contributed by atoms with Crippen LogP contribution in [0, 0.1) is 0 Å². The molecule has 142 valence electrons. The summed E-state index contributed by atoms with van der Waals surface area (Å²) in [5.41, 5.74) is -0.382. The van der Waals surface area contributed by atoms with Crippen LogP contribution in [0.1, 0.15) is 20.8 Å². The number of aliphatic carboxylic acids is 1. The molecule has 3 rings (SSSR count). The Bertz CT molecular complexity index is 905. The quantitative estimate of drug-likeness (QED) is 0.821. The number of para-hydroxylation sites is 2. The molecule has 0 fully saturated rings.